The van der Waals surface area contributed by atoms with Crippen LogP contribution in [0.2, 0.25) is 0 Å². The summed E-state index contributed by atoms with van der Waals surface area (Å²) >= 11 is 1.12. The van der Waals surface area contributed by atoms with Crippen LogP contribution in [0.25, 0.3) is 22.0 Å². The van der Waals surface area contributed by atoms with Gasteiger partial charge in [0.05, 0.1) is 18.5 Å². The van der Waals surface area contributed by atoms with Crippen molar-refractivity contribution in [3.05, 3.63) is 53.5 Å². The third-order valence-corrected chi connectivity index (χ3v) is 4.13. The van der Waals surface area contributed by atoms with E-state index >= 15 is 0 Å². The first-order chi connectivity index (χ1) is 10.7. The summed E-state index contributed by atoms with van der Waals surface area (Å²) in [5.74, 6) is -0.286. The fourth-order valence-electron chi connectivity index (χ4n) is 2.01. The lowest BCUT2D eigenvalue weighted by Gasteiger charge is -2.02. The number of hydrogen-bond donors (Lipinski definition) is 1. The first-order valence-corrected chi connectivity index (χ1v) is 7.30. The second-order valence-electron chi connectivity index (χ2n) is 4.45. The van der Waals surface area contributed by atoms with Gasteiger partial charge in [-0.1, -0.05) is 6.07 Å². The zero-order valence-corrected chi connectivity index (χ0v) is 12.5. The third kappa shape index (κ3) is 2.68. The van der Waals surface area contributed by atoms with Crippen molar-refractivity contribution in [3.8, 4) is 27.7 Å². The molecule has 0 aliphatic rings. The Morgan fingerprint density at radius 2 is 1.95 bits per heavy atom. The second kappa shape index (κ2) is 5.95. The van der Waals surface area contributed by atoms with Gasteiger partial charge in [-0.3, -0.25) is 4.98 Å². The van der Waals surface area contributed by atoms with Crippen molar-refractivity contribution in [2.24, 2.45) is 0 Å². The topological polar surface area (TPSA) is 72.3 Å². The molecule has 0 spiro atoms. The summed E-state index contributed by atoms with van der Waals surface area (Å²) in [6.45, 7) is 0. The molecule has 0 fully saturated rings. The van der Waals surface area contributed by atoms with E-state index < -0.39 is 5.97 Å². The summed E-state index contributed by atoms with van der Waals surface area (Å²) in [4.78, 5) is 20.4. The number of rotatable bonds is 4. The molecule has 0 bridgehead atoms. The highest BCUT2D eigenvalue weighted by Crippen LogP contribution is 2.33. The molecular formula is C16H12N2O3S. The van der Waals surface area contributed by atoms with Gasteiger partial charge in [-0.2, -0.15) is 0 Å². The van der Waals surface area contributed by atoms with E-state index in [1.54, 1.807) is 43.6 Å². The first kappa shape index (κ1) is 14.2. The molecule has 6 heteroatoms. The first-order valence-electron chi connectivity index (χ1n) is 6.49. The molecule has 1 N–H and O–H groups in total. The van der Waals surface area contributed by atoms with Crippen molar-refractivity contribution >= 4 is 17.3 Å². The Morgan fingerprint density at radius 3 is 2.55 bits per heavy atom. The van der Waals surface area contributed by atoms with E-state index in [0.717, 1.165) is 16.9 Å². The number of carboxylic acid groups (broad SMARTS) is 1. The monoisotopic (exact) mass is 312 g/mol. The summed E-state index contributed by atoms with van der Waals surface area (Å²) < 4.78 is 5.11. The van der Waals surface area contributed by atoms with E-state index in [-0.39, 0.29) is 4.88 Å². The number of thiazole rings is 1. The fourth-order valence-corrected chi connectivity index (χ4v) is 2.91. The molecule has 0 unspecified atom stereocenters. The number of hydrogen-bond acceptors (Lipinski definition) is 5. The Labute approximate surface area is 130 Å². The summed E-state index contributed by atoms with van der Waals surface area (Å²) in [7, 11) is 1.58. The van der Waals surface area contributed by atoms with E-state index in [1.165, 1.54) is 0 Å². The van der Waals surface area contributed by atoms with Crippen LogP contribution in [0.5, 0.6) is 5.75 Å². The molecule has 2 aromatic heterocycles. The normalized spacial score (nSPS) is 10.4. The summed E-state index contributed by atoms with van der Waals surface area (Å²) in [5.41, 5.74) is 1.84. The van der Waals surface area contributed by atoms with E-state index in [9.17, 15) is 9.90 Å². The van der Waals surface area contributed by atoms with Gasteiger partial charge in [0, 0.05) is 11.8 Å². The lowest BCUT2D eigenvalue weighted by molar-refractivity contribution is 0.0702. The largest absolute Gasteiger partial charge is 0.497 e. The molecule has 2 heterocycles. The molecule has 0 saturated heterocycles. The lowest BCUT2D eigenvalue weighted by Crippen LogP contribution is -1.95. The molecule has 3 aromatic rings. The Balaban J connectivity index is 2.09. The zero-order valence-electron chi connectivity index (χ0n) is 11.7. The number of carboxylic acids is 1. The molecule has 0 aliphatic heterocycles. The van der Waals surface area contributed by atoms with E-state index in [0.29, 0.717) is 22.1 Å². The van der Waals surface area contributed by atoms with Crippen LogP contribution >= 0.6 is 11.3 Å². The summed E-state index contributed by atoms with van der Waals surface area (Å²) in [6.07, 6.45) is 1.66. The van der Waals surface area contributed by atoms with Crippen molar-refractivity contribution in [2.75, 3.05) is 7.11 Å². The Morgan fingerprint density at radius 1 is 1.18 bits per heavy atom. The predicted molar refractivity (Wildman–Crippen MR) is 84.3 cm³/mol. The van der Waals surface area contributed by atoms with Crippen LogP contribution in [-0.4, -0.2) is 28.2 Å². The van der Waals surface area contributed by atoms with Gasteiger partial charge in [-0.25, -0.2) is 9.78 Å². The molecule has 0 amide bonds. The lowest BCUT2D eigenvalue weighted by atomic mass is 10.1. The maximum absolute atomic E-state index is 11.5. The van der Waals surface area contributed by atoms with Crippen LogP contribution in [0, 0.1) is 0 Å². The Kier molecular flexibility index (Phi) is 3.84. The minimum absolute atomic E-state index is 0.200. The highest BCUT2D eigenvalue weighted by atomic mass is 32.1. The van der Waals surface area contributed by atoms with Crippen LogP contribution in [0.15, 0.2) is 48.7 Å². The second-order valence-corrected chi connectivity index (χ2v) is 5.44. The SMILES string of the molecule is COc1ccc(-c2nc(-c3ccccn3)sc2C(=O)O)cc1. The van der Waals surface area contributed by atoms with Crippen molar-refractivity contribution in [2.45, 2.75) is 0 Å². The van der Waals surface area contributed by atoms with Gasteiger partial charge in [-0.15, -0.1) is 11.3 Å². The molecule has 5 nitrogen and oxygen atoms in total. The quantitative estimate of drug-likeness (QED) is 0.797. The summed E-state index contributed by atoms with van der Waals surface area (Å²) in [5, 5.41) is 10.0. The maximum atomic E-state index is 11.5. The standard InChI is InChI=1S/C16H12N2O3S/c1-21-11-7-5-10(6-8-11)13-14(16(19)20)22-15(18-13)12-4-2-3-9-17-12/h2-9H,1H3,(H,19,20). The minimum Gasteiger partial charge on any atom is -0.497 e. The molecule has 0 atom stereocenters. The van der Waals surface area contributed by atoms with Gasteiger partial charge in [0.2, 0.25) is 0 Å². The number of pyridine rings is 1. The average Bonchev–Trinajstić information content (AvgIpc) is 3.01. The van der Waals surface area contributed by atoms with Gasteiger partial charge >= 0.3 is 5.97 Å². The van der Waals surface area contributed by atoms with Crippen LogP contribution in [0.1, 0.15) is 9.67 Å². The van der Waals surface area contributed by atoms with Crippen molar-refractivity contribution in [1.29, 1.82) is 0 Å². The zero-order chi connectivity index (χ0) is 15.5. The number of benzene rings is 1. The molecule has 110 valence electrons. The van der Waals surface area contributed by atoms with Gasteiger partial charge in [-0.05, 0) is 36.4 Å². The van der Waals surface area contributed by atoms with Crippen LogP contribution in [-0.2, 0) is 0 Å². The number of nitrogens with zero attached hydrogens (tertiary/aromatic N) is 2. The van der Waals surface area contributed by atoms with E-state index in [1.807, 2.05) is 12.1 Å². The third-order valence-electron chi connectivity index (χ3n) is 3.07. The van der Waals surface area contributed by atoms with Crippen molar-refractivity contribution in [1.82, 2.24) is 9.97 Å². The van der Waals surface area contributed by atoms with Crippen LogP contribution < -0.4 is 4.74 Å². The minimum atomic E-state index is -0.995. The Hall–Kier alpha value is -2.73. The molecule has 0 saturated carbocycles. The Bertz CT molecular complexity index is 798. The number of methoxy groups -OCH3 is 1. The molecule has 0 radical (unpaired) electrons. The summed E-state index contributed by atoms with van der Waals surface area (Å²) in [6, 6.07) is 12.6. The average molecular weight is 312 g/mol. The highest BCUT2D eigenvalue weighted by Gasteiger charge is 2.20. The molecule has 22 heavy (non-hydrogen) atoms. The number of aromatic carboxylic acids is 1. The number of ether oxygens (including phenoxy) is 1. The van der Waals surface area contributed by atoms with Crippen LogP contribution in [0.4, 0.5) is 0 Å². The number of carbonyl (C=O) groups is 1. The van der Waals surface area contributed by atoms with Gasteiger partial charge in [0.25, 0.3) is 0 Å². The van der Waals surface area contributed by atoms with Crippen molar-refractivity contribution < 1.29 is 14.6 Å². The van der Waals surface area contributed by atoms with Crippen LogP contribution in [0.3, 0.4) is 0 Å². The van der Waals surface area contributed by atoms with Crippen molar-refractivity contribution in [3.63, 3.8) is 0 Å². The molecular weight excluding hydrogens is 300 g/mol. The van der Waals surface area contributed by atoms with Gasteiger partial charge < -0.3 is 9.84 Å². The van der Waals surface area contributed by atoms with Gasteiger partial charge in [0.15, 0.2) is 0 Å². The fraction of sp³-hybridized carbons (Fsp3) is 0.0625. The van der Waals surface area contributed by atoms with Gasteiger partial charge in [0.1, 0.15) is 15.6 Å². The molecule has 0 aliphatic carbocycles. The maximum Gasteiger partial charge on any atom is 0.348 e. The molecule has 3 rings (SSSR count). The highest BCUT2D eigenvalue weighted by molar-refractivity contribution is 7.17. The predicted octanol–water partition coefficient (Wildman–Crippen LogP) is 3.58. The molecule has 1 aromatic carbocycles. The van der Waals surface area contributed by atoms with E-state index in [2.05, 4.69) is 9.97 Å². The number of aromatic nitrogens is 2. The van der Waals surface area contributed by atoms with E-state index in [4.69, 9.17) is 4.74 Å². The smallest absolute Gasteiger partial charge is 0.348 e.